The number of carbonyl (C=O) groups excluding carboxylic acids is 1. The molecule has 1 aliphatic rings. The Bertz CT molecular complexity index is 641. The number of ether oxygens (including phenoxy) is 1. The SMILES string of the molecule is CC(C)Cc1ccc(C(C)NC(=NCC(=O)N(C)C)NCC2CCOC2)cc1.I. The average Bonchev–Trinajstić information content (AvgIpc) is 3.17. The number of aliphatic imine (C=N–C) groups is 1. The van der Waals surface area contributed by atoms with Crippen LogP contribution in [0.5, 0.6) is 0 Å². The summed E-state index contributed by atoms with van der Waals surface area (Å²) in [6.07, 6.45) is 2.15. The molecule has 7 heteroatoms. The summed E-state index contributed by atoms with van der Waals surface area (Å²) in [4.78, 5) is 18.0. The number of benzene rings is 1. The molecule has 1 aromatic rings. The molecule has 164 valence electrons. The van der Waals surface area contributed by atoms with Gasteiger partial charge in [0.25, 0.3) is 0 Å². The van der Waals surface area contributed by atoms with E-state index in [1.807, 2.05) is 0 Å². The van der Waals surface area contributed by atoms with Crippen molar-refractivity contribution < 1.29 is 9.53 Å². The summed E-state index contributed by atoms with van der Waals surface area (Å²) < 4.78 is 5.45. The highest BCUT2D eigenvalue weighted by Crippen LogP contribution is 2.16. The fourth-order valence-electron chi connectivity index (χ4n) is 3.13. The molecular formula is C22H37IN4O2. The van der Waals surface area contributed by atoms with E-state index in [4.69, 9.17) is 4.74 Å². The fraction of sp³-hybridized carbons (Fsp3) is 0.636. The Morgan fingerprint density at radius 2 is 1.93 bits per heavy atom. The van der Waals surface area contributed by atoms with Crippen LogP contribution in [0.2, 0.25) is 0 Å². The van der Waals surface area contributed by atoms with E-state index in [0.29, 0.717) is 17.8 Å². The first-order valence-electron chi connectivity index (χ1n) is 10.3. The number of nitrogens with one attached hydrogen (secondary N) is 2. The van der Waals surface area contributed by atoms with Gasteiger partial charge in [0, 0.05) is 33.2 Å². The van der Waals surface area contributed by atoms with Gasteiger partial charge in [-0.05, 0) is 36.8 Å². The Morgan fingerprint density at radius 3 is 2.48 bits per heavy atom. The summed E-state index contributed by atoms with van der Waals surface area (Å²) in [5.74, 6) is 1.79. The van der Waals surface area contributed by atoms with E-state index >= 15 is 0 Å². The van der Waals surface area contributed by atoms with Crippen molar-refractivity contribution in [3.63, 3.8) is 0 Å². The van der Waals surface area contributed by atoms with E-state index in [0.717, 1.165) is 32.6 Å². The van der Waals surface area contributed by atoms with Crippen LogP contribution >= 0.6 is 24.0 Å². The van der Waals surface area contributed by atoms with E-state index in [9.17, 15) is 4.79 Å². The van der Waals surface area contributed by atoms with Gasteiger partial charge in [-0.3, -0.25) is 4.79 Å². The quantitative estimate of drug-likeness (QED) is 0.317. The molecule has 1 saturated heterocycles. The van der Waals surface area contributed by atoms with Gasteiger partial charge in [0.1, 0.15) is 6.54 Å². The monoisotopic (exact) mass is 516 g/mol. The third-order valence-corrected chi connectivity index (χ3v) is 4.93. The third-order valence-electron chi connectivity index (χ3n) is 4.93. The number of nitrogens with zero attached hydrogens (tertiary/aromatic N) is 2. The maximum absolute atomic E-state index is 11.9. The Labute approximate surface area is 192 Å². The summed E-state index contributed by atoms with van der Waals surface area (Å²) in [6, 6.07) is 8.83. The van der Waals surface area contributed by atoms with Crippen molar-refractivity contribution in [1.82, 2.24) is 15.5 Å². The average molecular weight is 516 g/mol. The molecule has 1 aromatic carbocycles. The number of hydrogen-bond donors (Lipinski definition) is 2. The van der Waals surface area contributed by atoms with Crippen LogP contribution in [-0.2, 0) is 16.0 Å². The Hall–Kier alpha value is -1.35. The minimum absolute atomic E-state index is 0. The molecule has 2 unspecified atom stereocenters. The van der Waals surface area contributed by atoms with Gasteiger partial charge in [-0.2, -0.15) is 0 Å². The first-order valence-corrected chi connectivity index (χ1v) is 10.3. The summed E-state index contributed by atoms with van der Waals surface area (Å²) in [5, 5.41) is 6.82. The standard InChI is InChI=1S/C22H36N4O2.HI/c1-16(2)12-18-6-8-20(9-7-18)17(3)25-22(24-14-21(27)26(4)5)23-13-19-10-11-28-15-19;/h6-9,16-17,19H,10-15H2,1-5H3,(H2,23,24,25);1H. The van der Waals surface area contributed by atoms with Gasteiger partial charge in [-0.25, -0.2) is 4.99 Å². The predicted molar refractivity (Wildman–Crippen MR) is 130 cm³/mol. The first kappa shape index (κ1) is 25.7. The molecule has 1 heterocycles. The van der Waals surface area contributed by atoms with E-state index < -0.39 is 0 Å². The van der Waals surface area contributed by atoms with Gasteiger partial charge in [0.15, 0.2) is 5.96 Å². The molecule has 0 spiro atoms. The molecule has 2 atom stereocenters. The number of carbonyl (C=O) groups is 1. The second kappa shape index (κ2) is 13.1. The molecule has 0 saturated carbocycles. The number of halogens is 1. The van der Waals surface area contributed by atoms with E-state index in [-0.39, 0.29) is 42.5 Å². The summed E-state index contributed by atoms with van der Waals surface area (Å²) in [5.41, 5.74) is 2.56. The zero-order chi connectivity index (χ0) is 20.5. The number of amides is 1. The Morgan fingerprint density at radius 1 is 1.24 bits per heavy atom. The highest BCUT2D eigenvalue weighted by molar-refractivity contribution is 14.0. The van der Waals surface area contributed by atoms with Crippen molar-refractivity contribution >= 4 is 35.8 Å². The second-order valence-corrected chi connectivity index (χ2v) is 8.27. The maximum Gasteiger partial charge on any atom is 0.243 e. The molecule has 2 rings (SSSR count). The minimum Gasteiger partial charge on any atom is -0.381 e. The molecule has 1 aliphatic heterocycles. The van der Waals surface area contributed by atoms with Crippen molar-refractivity contribution in [1.29, 1.82) is 0 Å². The number of guanidine groups is 1. The zero-order valence-corrected chi connectivity index (χ0v) is 20.7. The van der Waals surface area contributed by atoms with Crippen molar-refractivity contribution in [2.75, 3.05) is 40.4 Å². The number of rotatable bonds is 8. The lowest BCUT2D eigenvalue weighted by atomic mass is 10.00. The summed E-state index contributed by atoms with van der Waals surface area (Å²) in [6.45, 7) is 9.11. The molecule has 0 aromatic heterocycles. The van der Waals surface area contributed by atoms with Gasteiger partial charge >= 0.3 is 0 Å². The Kier molecular flexibility index (Phi) is 11.6. The van der Waals surface area contributed by atoms with Crippen LogP contribution < -0.4 is 10.6 Å². The van der Waals surface area contributed by atoms with Crippen LogP contribution in [0.25, 0.3) is 0 Å². The van der Waals surface area contributed by atoms with Crippen molar-refractivity contribution in [3.8, 4) is 0 Å². The topological polar surface area (TPSA) is 66.0 Å². The summed E-state index contributed by atoms with van der Waals surface area (Å²) in [7, 11) is 3.49. The van der Waals surface area contributed by atoms with Gasteiger partial charge in [0.05, 0.1) is 12.6 Å². The highest BCUT2D eigenvalue weighted by Gasteiger charge is 2.17. The van der Waals surface area contributed by atoms with Gasteiger partial charge in [-0.1, -0.05) is 38.1 Å². The minimum atomic E-state index is -0.0176. The molecule has 6 nitrogen and oxygen atoms in total. The Balaban J connectivity index is 0.00000420. The van der Waals surface area contributed by atoms with Gasteiger partial charge in [-0.15, -0.1) is 24.0 Å². The molecule has 1 amide bonds. The van der Waals surface area contributed by atoms with Crippen LogP contribution in [0, 0.1) is 11.8 Å². The molecule has 0 radical (unpaired) electrons. The molecule has 0 aliphatic carbocycles. The van der Waals surface area contributed by atoms with Crippen LogP contribution in [0.1, 0.15) is 44.4 Å². The summed E-state index contributed by atoms with van der Waals surface area (Å²) >= 11 is 0. The third kappa shape index (κ3) is 9.33. The molecular weight excluding hydrogens is 479 g/mol. The predicted octanol–water partition coefficient (Wildman–Crippen LogP) is 3.22. The number of likely N-dealkylation sites (N-methyl/N-ethyl adjacent to an activating group) is 1. The lowest BCUT2D eigenvalue weighted by molar-refractivity contribution is -0.127. The molecule has 1 fully saturated rings. The normalized spacial score (nSPS) is 17.6. The van der Waals surface area contributed by atoms with Gasteiger partial charge < -0.3 is 20.3 Å². The van der Waals surface area contributed by atoms with E-state index in [1.54, 1.807) is 19.0 Å². The fourth-order valence-corrected chi connectivity index (χ4v) is 3.13. The smallest absolute Gasteiger partial charge is 0.243 e. The number of hydrogen-bond acceptors (Lipinski definition) is 3. The van der Waals surface area contributed by atoms with Crippen molar-refractivity contribution in [3.05, 3.63) is 35.4 Å². The molecule has 2 N–H and O–H groups in total. The zero-order valence-electron chi connectivity index (χ0n) is 18.4. The molecule has 29 heavy (non-hydrogen) atoms. The highest BCUT2D eigenvalue weighted by atomic mass is 127. The first-order chi connectivity index (χ1) is 13.3. The van der Waals surface area contributed by atoms with Crippen LogP contribution in [0.3, 0.4) is 0 Å². The van der Waals surface area contributed by atoms with Crippen LogP contribution in [0.15, 0.2) is 29.3 Å². The second-order valence-electron chi connectivity index (χ2n) is 8.27. The van der Waals surface area contributed by atoms with Gasteiger partial charge in [0.2, 0.25) is 5.91 Å². The lowest BCUT2D eigenvalue weighted by Crippen LogP contribution is -2.42. The van der Waals surface area contributed by atoms with Crippen LogP contribution in [-0.4, -0.2) is 57.2 Å². The maximum atomic E-state index is 11.9. The van der Waals surface area contributed by atoms with E-state index in [2.05, 4.69) is 60.7 Å². The lowest BCUT2D eigenvalue weighted by Gasteiger charge is -2.20. The van der Waals surface area contributed by atoms with Crippen molar-refractivity contribution in [2.45, 2.75) is 39.7 Å². The molecule has 0 bridgehead atoms. The van der Waals surface area contributed by atoms with E-state index in [1.165, 1.54) is 11.1 Å². The van der Waals surface area contributed by atoms with Crippen molar-refractivity contribution in [2.24, 2.45) is 16.8 Å². The van der Waals surface area contributed by atoms with Crippen LogP contribution in [0.4, 0.5) is 0 Å². The largest absolute Gasteiger partial charge is 0.381 e.